The van der Waals surface area contributed by atoms with E-state index in [9.17, 15) is 9.90 Å². The van der Waals surface area contributed by atoms with E-state index >= 15 is 0 Å². The van der Waals surface area contributed by atoms with Gasteiger partial charge in [-0.1, -0.05) is 24.6 Å². The quantitative estimate of drug-likeness (QED) is 0.522. The van der Waals surface area contributed by atoms with Crippen LogP contribution in [0, 0.1) is 0 Å². The Balaban J connectivity index is 1.31. The van der Waals surface area contributed by atoms with Crippen molar-refractivity contribution in [1.82, 2.24) is 14.9 Å². The zero-order chi connectivity index (χ0) is 21.8. The van der Waals surface area contributed by atoms with E-state index in [1.165, 1.54) is 0 Å². The second-order valence-electron chi connectivity index (χ2n) is 7.36. The smallest absolute Gasteiger partial charge is 0.258 e. The summed E-state index contributed by atoms with van der Waals surface area (Å²) in [5.41, 5.74) is 1.29. The van der Waals surface area contributed by atoms with E-state index in [1.54, 1.807) is 18.2 Å². The molecule has 31 heavy (non-hydrogen) atoms. The van der Waals surface area contributed by atoms with Crippen LogP contribution in [0.1, 0.15) is 18.3 Å². The highest BCUT2D eigenvalue weighted by molar-refractivity contribution is 6.31. The van der Waals surface area contributed by atoms with Gasteiger partial charge in [0.25, 0.3) is 5.56 Å². The van der Waals surface area contributed by atoms with Crippen LogP contribution in [-0.2, 0) is 17.9 Å². The van der Waals surface area contributed by atoms with Gasteiger partial charge in [-0.15, -0.1) is 0 Å². The first-order valence-electron chi connectivity index (χ1n) is 10.1. The lowest BCUT2D eigenvalue weighted by molar-refractivity contribution is 0.00902. The third kappa shape index (κ3) is 5.34. The van der Waals surface area contributed by atoms with Gasteiger partial charge in [-0.3, -0.25) is 9.69 Å². The summed E-state index contributed by atoms with van der Waals surface area (Å²) in [5.74, 6) is 1.96. The highest BCUT2D eigenvalue weighted by atomic mass is 35.5. The van der Waals surface area contributed by atoms with Gasteiger partial charge >= 0.3 is 0 Å². The van der Waals surface area contributed by atoms with Gasteiger partial charge < -0.3 is 24.3 Å². The molecule has 9 heteroatoms. The van der Waals surface area contributed by atoms with Gasteiger partial charge in [-0.05, 0) is 42.4 Å². The molecular formula is C22H24ClN3O5. The molecule has 2 N–H and O–H groups in total. The largest absolute Gasteiger partial charge is 0.454 e. The molecule has 2 aromatic carbocycles. The average molecular weight is 446 g/mol. The van der Waals surface area contributed by atoms with Crippen LogP contribution < -0.4 is 15.0 Å². The number of rotatable bonds is 9. The zero-order valence-electron chi connectivity index (χ0n) is 17.1. The van der Waals surface area contributed by atoms with E-state index in [4.69, 9.17) is 25.8 Å². The number of hydrogen-bond acceptors (Lipinski definition) is 7. The van der Waals surface area contributed by atoms with Crippen LogP contribution >= 0.6 is 11.6 Å². The van der Waals surface area contributed by atoms with Crippen molar-refractivity contribution in [2.24, 2.45) is 0 Å². The van der Waals surface area contributed by atoms with E-state index in [-0.39, 0.29) is 19.0 Å². The number of aliphatic hydroxyl groups excluding tert-OH is 1. The molecule has 0 spiro atoms. The molecule has 0 bridgehead atoms. The maximum atomic E-state index is 12.3. The second kappa shape index (κ2) is 9.65. The SMILES string of the molecule is CCN(Cc1nc2cc(Cl)ccc2c(=O)[nH]1)CC(O)COCc1ccc2c(c1)OCO2. The van der Waals surface area contributed by atoms with Gasteiger partial charge in [-0.25, -0.2) is 4.98 Å². The molecule has 1 unspecified atom stereocenters. The lowest BCUT2D eigenvalue weighted by Crippen LogP contribution is -2.35. The van der Waals surface area contributed by atoms with Crippen molar-refractivity contribution >= 4 is 22.5 Å². The number of H-pyrrole nitrogens is 1. The first kappa shape index (κ1) is 21.6. The summed E-state index contributed by atoms with van der Waals surface area (Å²) in [6.45, 7) is 4.22. The Hall–Kier alpha value is -2.65. The molecule has 0 saturated carbocycles. The van der Waals surface area contributed by atoms with Gasteiger partial charge in [0.1, 0.15) is 5.82 Å². The van der Waals surface area contributed by atoms with Gasteiger partial charge in [0, 0.05) is 11.6 Å². The fourth-order valence-corrected chi connectivity index (χ4v) is 3.61. The number of nitrogens with one attached hydrogen (secondary N) is 1. The molecule has 0 saturated heterocycles. The standard InChI is InChI=1S/C22H24ClN3O5/c1-2-26(10-21-24-18-8-15(23)4-5-17(18)22(28)25-21)9-16(27)12-29-11-14-3-6-19-20(7-14)31-13-30-19/h3-8,16,27H,2,9-13H2,1H3,(H,24,25,28). The van der Waals surface area contributed by atoms with Crippen molar-refractivity contribution in [3.8, 4) is 11.5 Å². The molecule has 2 heterocycles. The average Bonchev–Trinajstić information content (AvgIpc) is 3.21. The summed E-state index contributed by atoms with van der Waals surface area (Å²) in [6.07, 6.45) is -0.685. The Labute approximate surface area is 184 Å². The molecule has 1 aliphatic heterocycles. The Bertz CT molecular complexity index is 1120. The Kier molecular flexibility index (Phi) is 6.72. The number of likely N-dealkylation sites (N-methyl/N-ethyl adjacent to an activating group) is 1. The number of ether oxygens (including phenoxy) is 3. The number of halogens is 1. The first-order chi connectivity index (χ1) is 15.0. The Morgan fingerprint density at radius 2 is 2.10 bits per heavy atom. The van der Waals surface area contributed by atoms with Crippen molar-refractivity contribution in [2.75, 3.05) is 26.5 Å². The van der Waals surface area contributed by atoms with E-state index in [1.807, 2.05) is 30.0 Å². The number of aromatic amines is 1. The lowest BCUT2D eigenvalue weighted by Gasteiger charge is -2.23. The molecule has 4 rings (SSSR count). The normalized spacial score (nSPS) is 13.8. The Morgan fingerprint density at radius 3 is 2.94 bits per heavy atom. The molecule has 0 radical (unpaired) electrons. The van der Waals surface area contributed by atoms with Gasteiger partial charge in [0.2, 0.25) is 6.79 Å². The van der Waals surface area contributed by atoms with Gasteiger partial charge in [0.05, 0.1) is 36.8 Å². The number of nitrogens with zero attached hydrogens (tertiary/aromatic N) is 2. The number of fused-ring (bicyclic) bond motifs is 2. The van der Waals surface area contributed by atoms with Crippen LogP contribution in [-0.4, -0.2) is 52.6 Å². The molecule has 0 fully saturated rings. The molecule has 3 aromatic rings. The molecule has 1 atom stereocenters. The predicted octanol–water partition coefficient (Wildman–Crippen LogP) is 2.70. The lowest BCUT2D eigenvalue weighted by atomic mass is 10.2. The summed E-state index contributed by atoms with van der Waals surface area (Å²) >= 11 is 6.02. The number of benzene rings is 2. The molecule has 1 aromatic heterocycles. The minimum atomic E-state index is -0.685. The van der Waals surface area contributed by atoms with E-state index < -0.39 is 6.10 Å². The van der Waals surface area contributed by atoms with E-state index in [2.05, 4.69) is 9.97 Å². The molecule has 1 aliphatic rings. The van der Waals surface area contributed by atoms with Crippen LogP contribution in [0.3, 0.4) is 0 Å². The predicted molar refractivity (Wildman–Crippen MR) is 117 cm³/mol. The highest BCUT2D eigenvalue weighted by Crippen LogP contribution is 2.32. The van der Waals surface area contributed by atoms with Crippen molar-refractivity contribution in [1.29, 1.82) is 0 Å². The van der Waals surface area contributed by atoms with Crippen molar-refractivity contribution in [3.63, 3.8) is 0 Å². The summed E-state index contributed by atoms with van der Waals surface area (Å²) < 4.78 is 16.3. The highest BCUT2D eigenvalue weighted by Gasteiger charge is 2.15. The minimum Gasteiger partial charge on any atom is -0.454 e. The summed E-state index contributed by atoms with van der Waals surface area (Å²) in [4.78, 5) is 21.6. The van der Waals surface area contributed by atoms with E-state index in [0.717, 1.165) is 11.3 Å². The second-order valence-corrected chi connectivity index (χ2v) is 7.79. The molecule has 8 nitrogen and oxygen atoms in total. The topological polar surface area (TPSA) is 96.9 Å². The van der Waals surface area contributed by atoms with E-state index in [0.29, 0.717) is 53.7 Å². The molecule has 164 valence electrons. The summed E-state index contributed by atoms with van der Waals surface area (Å²) in [6, 6.07) is 10.6. The van der Waals surface area contributed by atoms with Gasteiger partial charge in [-0.2, -0.15) is 0 Å². The van der Waals surface area contributed by atoms with Crippen LogP contribution in [0.2, 0.25) is 5.02 Å². The third-order valence-corrected chi connectivity index (χ3v) is 5.26. The van der Waals surface area contributed by atoms with Crippen LogP contribution in [0.15, 0.2) is 41.2 Å². The molecule has 0 aliphatic carbocycles. The fourth-order valence-electron chi connectivity index (χ4n) is 3.45. The first-order valence-corrected chi connectivity index (χ1v) is 10.4. The number of hydrogen-bond donors (Lipinski definition) is 2. The number of aliphatic hydroxyl groups is 1. The van der Waals surface area contributed by atoms with Crippen molar-refractivity contribution in [2.45, 2.75) is 26.2 Å². The monoisotopic (exact) mass is 445 g/mol. The maximum absolute atomic E-state index is 12.3. The van der Waals surface area contributed by atoms with Crippen molar-refractivity contribution < 1.29 is 19.3 Å². The van der Waals surface area contributed by atoms with Crippen LogP contribution in [0.4, 0.5) is 0 Å². The van der Waals surface area contributed by atoms with Crippen LogP contribution in [0.25, 0.3) is 10.9 Å². The minimum absolute atomic E-state index is 0.183. The maximum Gasteiger partial charge on any atom is 0.258 e. The molecular weight excluding hydrogens is 422 g/mol. The summed E-state index contributed by atoms with van der Waals surface area (Å²) in [5, 5.41) is 11.4. The fraction of sp³-hybridized carbons (Fsp3) is 0.364. The van der Waals surface area contributed by atoms with Gasteiger partial charge in [0.15, 0.2) is 11.5 Å². The third-order valence-electron chi connectivity index (χ3n) is 5.02. The Morgan fingerprint density at radius 1 is 1.26 bits per heavy atom. The summed E-state index contributed by atoms with van der Waals surface area (Å²) in [7, 11) is 0. The number of aromatic nitrogens is 2. The van der Waals surface area contributed by atoms with Crippen LogP contribution in [0.5, 0.6) is 11.5 Å². The molecule has 0 amide bonds. The van der Waals surface area contributed by atoms with Crippen molar-refractivity contribution in [3.05, 3.63) is 63.2 Å². The zero-order valence-corrected chi connectivity index (χ0v) is 17.9.